The fraction of sp³-hybridized carbons (Fsp3) is 0.261. The maximum atomic E-state index is 12.4. The maximum absolute atomic E-state index is 12.4. The molecule has 6 nitrogen and oxygen atoms in total. The highest BCUT2D eigenvalue weighted by molar-refractivity contribution is 8.00. The van der Waals surface area contributed by atoms with Gasteiger partial charge in [-0.25, -0.2) is 0 Å². The first kappa shape index (κ1) is 20.2. The van der Waals surface area contributed by atoms with Crippen molar-refractivity contribution < 1.29 is 9.59 Å². The number of nitrogens with one attached hydrogen (secondary N) is 1. The molecule has 3 aromatic rings. The van der Waals surface area contributed by atoms with Crippen molar-refractivity contribution in [2.24, 2.45) is 0 Å². The average molecular weight is 421 g/mol. The summed E-state index contributed by atoms with van der Waals surface area (Å²) in [7, 11) is 0. The highest BCUT2D eigenvalue weighted by atomic mass is 32.2. The molecule has 1 aliphatic rings. The smallest absolute Gasteiger partial charge is 0.234 e. The number of thioether (sulfide) groups is 1. The van der Waals surface area contributed by atoms with Crippen molar-refractivity contribution >= 4 is 45.9 Å². The van der Waals surface area contributed by atoms with Crippen LogP contribution in [0.25, 0.3) is 10.9 Å². The Balaban J connectivity index is 1.31. The summed E-state index contributed by atoms with van der Waals surface area (Å²) in [6, 6.07) is 17.8. The second kappa shape index (κ2) is 9.17. The number of anilines is 2. The predicted molar refractivity (Wildman–Crippen MR) is 122 cm³/mol. The third-order valence-electron chi connectivity index (χ3n) is 5.20. The molecule has 1 saturated heterocycles. The van der Waals surface area contributed by atoms with Crippen LogP contribution in [0.2, 0.25) is 0 Å². The van der Waals surface area contributed by atoms with Gasteiger partial charge in [-0.3, -0.25) is 14.6 Å². The van der Waals surface area contributed by atoms with E-state index in [-0.39, 0.29) is 11.8 Å². The topological polar surface area (TPSA) is 65.5 Å². The van der Waals surface area contributed by atoms with Crippen molar-refractivity contribution in [1.82, 2.24) is 9.88 Å². The molecule has 0 atom stereocenters. The van der Waals surface area contributed by atoms with E-state index in [0.717, 1.165) is 53.4 Å². The lowest BCUT2D eigenvalue weighted by Gasteiger charge is -2.35. The van der Waals surface area contributed by atoms with E-state index in [1.54, 1.807) is 13.1 Å². The van der Waals surface area contributed by atoms with E-state index in [4.69, 9.17) is 0 Å². The van der Waals surface area contributed by atoms with Crippen molar-refractivity contribution in [3.63, 3.8) is 0 Å². The number of carbonyl (C=O) groups excluding carboxylic acids is 2. The third kappa shape index (κ3) is 4.74. The van der Waals surface area contributed by atoms with Crippen molar-refractivity contribution in [3.05, 3.63) is 60.8 Å². The van der Waals surface area contributed by atoms with Gasteiger partial charge >= 0.3 is 0 Å². The van der Waals surface area contributed by atoms with Gasteiger partial charge in [0.1, 0.15) is 0 Å². The van der Waals surface area contributed by atoms with Gasteiger partial charge in [0.05, 0.1) is 11.3 Å². The summed E-state index contributed by atoms with van der Waals surface area (Å²) in [5, 5.41) is 4.03. The molecule has 0 radical (unpaired) electrons. The molecule has 7 heteroatoms. The number of rotatable bonds is 5. The molecule has 1 N–H and O–H groups in total. The summed E-state index contributed by atoms with van der Waals surface area (Å²) >= 11 is 1.49. The Hall–Kier alpha value is -3.06. The highest BCUT2D eigenvalue weighted by Crippen LogP contribution is 2.26. The Morgan fingerprint density at radius 2 is 1.73 bits per heavy atom. The number of hydrogen-bond donors (Lipinski definition) is 1. The fourth-order valence-electron chi connectivity index (χ4n) is 3.57. The minimum atomic E-state index is -0.0456. The summed E-state index contributed by atoms with van der Waals surface area (Å²) in [4.78, 5) is 33.4. The maximum Gasteiger partial charge on any atom is 0.234 e. The van der Waals surface area contributed by atoms with Gasteiger partial charge in [-0.1, -0.05) is 18.2 Å². The Morgan fingerprint density at radius 3 is 2.47 bits per heavy atom. The Labute approximate surface area is 180 Å². The van der Waals surface area contributed by atoms with Gasteiger partial charge in [0.2, 0.25) is 11.8 Å². The quantitative estimate of drug-likeness (QED) is 0.639. The van der Waals surface area contributed by atoms with Crippen molar-refractivity contribution in [2.75, 3.05) is 42.1 Å². The zero-order valence-electron chi connectivity index (χ0n) is 16.9. The highest BCUT2D eigenvalue weighted by Gasteiger charge is 2.18. The molecule has 2 amide bonds. The van der Waals surface area contributed by atoms with Crippen LogP contribution in [-0.2, 0) is 9.59 Å². The summed E-state index contributed by atoms with van der Waals surface area (Å²) in [6.07, 6.45) is 1.77. The number of para-hydroxylation sites is 1. The van der Waals surface area contributed by atoms with E-state index in [9.17, 15) is 9.59 Å². The summed E-state index contributed by atoms with van der Waals surface area (Å²) in [5.41, 5.74) is 2.81. The van der Waals surface area contributed by atoms with Crippen LogP contribution in [0.3, 0.4) is 0 Å². The van der Waals surface area contributed by atoms with Crippen LogP contribution in [0.15, 0.2) is 65.7 Å². The first-order valence-corrected chi connectivity index (χ1v) is 11.0. The van der Waals surface area contributed by atoms with E-state index in [2.05, 4.69) is 15.2 Å². The molecule has 1 aliphatic heterocycles. The van der Waals surface area contributed by atoms with Gasteiger partial charge in [-0.15, -0.1) is 11.8 Å². The summed E-state index contributed by atoms with van der Waals surface area (Å²) in [5.74, 6) is 0.408. The standard InChI is InChI=1S/C23H24N4O2S/c1-17(28)26-12-14-27(15-13-26)20-9-7-19(8-10-20)25-22(29)16-30-21-6-2-4-18-5-3-11-24-23(18)21/h2-11H,12-16H2,1H3,(H,25,29). The molecule has 30 heavy (non-hydrogen) atoms. The molecule has 0 aliphatic carbocycles. The van der Waals surface area contributed by atoms with Crippen LogP contribution in [0.5, 0.6) is 0 Å². The van der Waals surface area contributed by atoms with Gasteiger partial charge in [0.25, 0.3) is 0 Å². The second-order valence-corrected chi connectivity index (χ2v) is 8.23. The summed E-state index contributed by atoms with van der Waals surface area (Å²) in [6.45, 7) is 4.74. The number of benzene rings is 2. The molecule has 1 fully saturated rings. The van der Waals surface area contributed by atoms with Crippen LogP contribution in [0, 0.1) is 0 Å². The monoisotopic (exact) mass is 420 g/mol. The SMILES string of the molecule is CC(=O)N1CCN(c2ccc(NC(=O)CSc3cccc4cccnc34)cc2)CC1. The normalized spacial score (nSPS) is 14.0. The van der Waals surface area contributed by atoms with Gasteiger partial charge < -0.3 is 15.1 Å². The van der Waals surface area contributed by atoms with E-state index in [1.165, 1.54) is 11.8 Å². The molecule has 0 unspecified atom stereocenters. The van der Waals surface area contributed by atoms with Gasteiger partial charge in [-0.2, -0.15) is 0 Å². The Morgan fingerprint density at radius 1 is 1.00 bits per heavy atom. The van der Waals surface area contributed by atoms with E-state index in [1.807, 2.05) is 59.5 Å². The molecule has 2 heterocycles. The molecule has 4 rings (SSSR count). The molecule has 2 aromatic carbocycles. The summed E-state index contributed by atoms with van der Waals surface area (Å²) < 4.78 is 0. The van der Waals surface area contributed by atoms with E-state index < -0.39 is 0 Å². The molecular weight excluding hydrogens is 396 g/mol. The lowest BCUT2D eigenvalue weighted by molar-refractivity contribution is -0.129. The van der Waals surface area contributed by atoms with E-state index in [0.29, 0.717) is 5.75 Å². The molecule has 0 saturated carbocycles. The van der Waals surface area contributed by atoms with Gasteiger partial charge in [-0.05, 0) is 36.4 Å². The van der Waals surface area contributed by atoms with Crippen LogP contribution in [0.4, 0.5) is 11.4 Å². The minimum Gasteiger partial charge on any atom is -0.368 e. The van der Waals surface area contributed by atoms with Crippen LogP contribution in [0.1, 0.15) is 6.92 Å². The number of aromatic nitrogens is 1. The molecule has 154 valence electrons. The largest absolute Gasteiger partial charge is 0.368 e. The van der Waals surface area contributed by atoms with Gasteiger partial charge in [0, 0.05) is 61.0 Å². The van der Waals surface area contributed by atoms with E-state index >= 15 is 0 Å². The number of pyridine rings is 1. The third-order valence-corrected chi connectivity index (χ3v) is 6.24. The fourth-order valence-corrected chi connectivity index (χ4v) is 4.41. The molecular formula is C23H24N4O2S. The lowest BCUT2D eigenvalue weighted by atomic mass is 10.2. The number of carbonyl (C=O) groups is 2. The first-order valence-electron chi connectivity index (χ1n) is 9.97. The number of piperazine rings is 1. The van der Waals surface area contributed by atoms with Crippen LogP contribution < -0.4 is 10.2 Å². The molecule has 0 bridgehead atoms. The van der Waals surface area contributed by atoms with Gasteiger partial charge in [0.15, 0.2) is 0 Å². The number of amides is 2. The molecule has 1 aromatic heterocycles. The lowest BCUT2D eigenvalue weighted by Crippen LogP contribution is -2.48. The number of hydrogen-bond acceptors (Lipinski definition) is 5. The Kier molecular flexibility index (Phi) is 6.18. The van der Waals surface area contributed by atoms with Crippen LogP contribution in [-0.4, -0.2) is 53.6 Å². The van der Waals surface area contributed by atoms with Crippen molar-refractivity contribution in [1.29, 1.82) is 0 Å². The van der Waals surface area contributed by atoms with Crippen molar-refractivity contribution in [3.8, 4) is 0 Å². The zero-order chi connectivity index (χ0) is 20.9. The number of fused-ring (bicyclic) bond motifs is 1. The Bertz CT molecular complexity index is 1040. The second-order valence-electron chi connectivity index (χ2n) is 7.21. The minimum absolute atomic E-state index is 0.0456. The first-order chi connectivity index (χ1) is 14.6. The predicted octanol–water partition coefficient (Wildman–Crippen LogP) is 3.63. The number of nitrogens with zero attached hydrogens (tertiary/aromatic N) is 3. The zero-order valence-corrected chi connectivity index (χ0v) is 17.7. The van der Waals surface area contributed by atoms with Crippen LogP contribution >= 0.6 is 11.8 Å². The molecule has 0 spiro atoms. The van der Waals surface area contributed by atoms with Crippen molar-refractivity contribution in [2.45, 2.75) is 11.8 Å². The average Bonchev–Trinajstić information content (AvgIpc) is 2.78.